The zero-order valence-electron chi connectivity index (χ0n) is 10.1. The van der Waals surface area contributed by atoms with Crippen molar-refractivity contribution < 1.29 is 4.79 Å². The van der Waals surface area contributed by atoms with Crippen molar-refractivity contribution in [3.05, 3.63) is 0 Å². The Balaban J connectivity index is 3.25. The molecule has 3 nitrogen and oxygen atoms in total. The minimum absolute atomic E-state index is 0.0293. The highest BCUT2D eigenvalue weighted by Gasteiger charge is 1.96. The van der Waals surface area contributed by atoms with Crippen LogP contribution in [0.5, 0.6) is 0 Å². The number of amides is 1. The summed E-state index contributed by atoms with van der Waals surface area (Å²) in [7, 11) is 0. The Morgan fingerprint density at radius 2 is 1.87 bits per heavy atom. The third-order valence-corrected chi connectivity index (χ3v) is 2.22. The molecule has 0 aliphatic heterocycles. The van der Waals surface area contributed by atoms with Gasteiger partial charge in [-0.25, -0.2) is 5.43 Å². The molecule has 0 aliphatic rings. The third kappa shape index (κ3) is 11.1. The zero-order chi connectivity index (χ0) is 11.4. The fourth-order valence-electron chi connectivity index (χ4n) is 1.24. The van der Waals surface area contributed by atoms with Gasteiger partial charge in [-0.1, -0.05) is 39.5 Å². The standard InChI is InChI=1S/C12H24N2O/c1-3-5-7-8-9-11-13-14-12(15)10-6-4-2/h11H,3-10H2,1-2H3,(H,14,15). The van der Waals surface area contributed by atoms with Gasteiger partial charge in [0, 0.05) is 12.6 Å². The van der Waals surface area contributed by atoms with Crippen LogP contribution in [0.2, 0.25) is 0 Å². The molecule has 0 spiro atoms. The highest BCUT2D eigenvalue weighted by Crippen LogP contribution is 2.00. The van der Waals surface area contributed by atoms with Gasteiger partial charge in [0.15, 0.2) is 0 Å². The molecule has 0 aromatic carbocycles. The predicted molar refractivity (Wildman–Crippen MR) is 64.9 cm³/mol. The summed E-state index contributed by atoms with van der Waals surface area (Å²) in [4.78, 5) is 11.1. The van der Waals surface area contributed by atoms with Crippen LogP contribution in [0, 0.1) is 0 Å². The number of hydrogen-bond acceptors (Lipinski definition) is 2. The maximum atomic E-state index is 11.1. The minimum Gasteiger partial charge on any atom is -0.273 e. The lowest BCUT2D eigenvalue weighted by molar-refractivity contribution is -0.121. The molecular weight excluding hydrogens is 188 g/mol. The lowest BCUT2D eigenvalue weighted by Gasteiger charge is -1.97. The van der Waals surface area contributed by atoms with Gasteiger partial charge in [0.1, 0.15) is 0 Å². The molecule has 15 heavy (non-hydrogen) atoms. The van der Waals surface area contributed by atoms with Crippen LogP contribution in [0.4, 0.5) is 0 Å². The van der Waals surface area contributed by atoms with Crippen LogP contribution in [0.3, 0.4) is 0 Å². The summed E-state index contributed by atoms with van der Waals surface area (Å²) >= 11 is 0. The van der Waals surface area contributed by atoms with E-state index in [9.17, 15) is 4.79 Å². The predicted octanol–water partition coefficient (Wildman–Crippen LogP) is 3.25. The molecule has 88 valence electrons. The van der Waals surface area contributed by atoms with Gasteiger partial charge in [-0.2, -0.15) is 5.10 Å². The Kier molecular flexibility index (Phi) is 10.6. The number of carbonyl (C=O) groups is 1. The average molecular weight is 212 g/mol. The van der Waals surface area contributed by atoms with Crippen LogP contribution in [0.15, 0.2) is 5.10 Å². The van der Waals surface area contributed by atoms with Gasteiger partial charge >= 0.3 is 0 Å². The number of hydrazone groups is 1. The Morgan fingerprint density at radius 3 is 2.53 bits per heavy atom. The van der Waals surface area contributed by atoms with Gasteiger partial charge in [-0.15, -0.1) is 0 Å². The van der Waals surface area contributed by atoms with Crippen molar-refractivity contribution in [2.24, 2.45) is 5.10 Å². The molecule has 0 radical (unpaired) electrons. The molecule has 1 amide bonds. The smallest absolute Gasteiger partial charge is 0.240 e. The Hall–Kier alpha value is -0.860. The molecule has 0 unspecified atom stereocenters. The summed E-state index contributed by atoms with van der Waals surface area (Å²) in [6.45, 7) is 4.27. The van der Waals surface area contributed by atoms with Crippen LogP contribution in [-0.4, -0.2) is 12.1 Å². The second kappa shape index (κ2) is 11.2. The normalized spacial score (nSPS) is 10.8. The number of carbonyl (C=O) groups excluding carboxylic acids is 1. The molecule has 0 aliphatic carbocycles. The summed E-state index contributed by atoms with van der Waals surface area (Å²) in [5.74, 6) is 0.0293. The monoisotopic (exact) mass is 212 g/mol. The fraction of sp³-hybridized carbons (Fsp3) is 0.833. The number of unbranched alkanes of at least 4 members (excludes halogenated alkanes) is 5. The van der Waals surface area contributed by atoms with Gasteiger partial charge in [-0.05, 0) is 19.3 Å². The van der Waals surface area contributed by atoms with E-state index in [4.69, 9.17) is 0 Å². The summed E-state index contributed by atoms with van der Waals surface area (Å²) in [5.41, 5.74) is 2.54. The largest absolute Gasteiger partial charge is 0.273 e. The van der Waals surface area contributed by atoms with Gasteiger partial charge < -0.3 is 0 Å². The van der Waals surface area contributed by atoms with Crippen molar-refractivity contribution in [1.82, 2.24) is 5.43 Å². The Labute approximate surface area is 93.3 Å². The Morgan fingerprint density at radius 1 is 1.13 bits per heavy atom. The number of rotatable bonds is 9. The first-order valence-electron chi connectivity index (χ1n) is 6.11. The van der Waals surface area contributed by atoms with Crippen LogP contribution in [0.1, 0.15) is 65.2 Å². The number of nitrogens with zero attached hydrogens (tertiary/aromatic N) is 1. The number of hydrogen-bond donors (Lipinski definition) is 1. The molecule has 0 atom stereocenters. The van der Waals surface area contributed by atoms with Crippen molar-refractivity contribution in [3.63, 3.8) is 0 Å². The molecule has 0 saturated carbocycles. The minimum atomic E-state index is 0.0293. The second-order valence-electron chi connectivity index (χ2n) is 3.80. The molecule has 0 saturated heterocycles. The average Bonchev–Trinajstić information content (AvgIpc) is 2.25. The topological polar surface area (TPSA) is 41.5 Å². The fourth-order valence-corrected chi connectivity index (χ4v) is 1.24. The first kappa shape index (κ1) is 14.1. The summed E-state index contributed by atoms with van der Waals surface area (Å²) < 4.78 is 0. The van der Waals surface area contributed by atoms with Crippen molar-refractivity contribution in [2.45, 2.75) is 65.2 Å². The van der Waals surface area contributed by atoms with E-state index in [1.54, 1.807) is 6.21 Å². The second-order valence-corrected chi connectivity index (χ2v) is 3.80. The quantitative estimate of drug-likeness (QED) is 0.356. The highest BCUT2D eigenvalue weighted by molar-refractivity contribution is 5.76. The lowest BCUT2D eigenvalue weighted by atomic mass is 10.2. The van der Waals surface area contributed by atoms with Crippen molar-refractivity contribution in [3.8, 4) is 0 Å². The number of nitrogens with one attached hydrogen (secondary N) is 1. The van der Waals surface area contributed by atoms with E-state index in [1.807, 2.05) is 0 Å². The molecule has 1 N–H and O–H groups in total. The molecular formula is C12H24N2O. The van der Waals surface area contributed by atoms with Crippen molar-refractivity contribution >= 4 is 12.1 Å². The first-order valence-corrected chi connectivity index (χ1v) is 6.11. The van der Waals surface area contributed by atoms with Gasteiger partial charge in [-0.3, -0.25) is 4.79 Å². The lowest BCUT2D eigenvalue weighted by Crippen LogP contribution is -2.16. The van der Waals surface area contributed by atoms with Crippen LogP contribution in [0.25, 0.3) is 0 Å². The van der Waals surface area contributed by atoms with Gasteiger partial charge in [0.05, 0.1) is 0 Å². The molecule has 0 fully saturated rings. The van der Waals surface area contributed by atoms with Crippen molar-refractivity contribution in [1.29, 1.82) is 0 Å². The maximum Gasteiger partial charge on any atom is 0.240 e. The highest BCUT2D eigenvalue weighted by atomic mass is 16.2. The van der Waals surface area contributed by atoms with Gasteiger partial charge in [0.25, 0.3) is 0 Å². The van der Waals surface area contributed by atoms with E-state index in [2.05, 4.69) is 24.4 Å². The van der Waals surface area contributed by atoms with E-state index < -0.39 is 0 Å². The molecule has 0 aromatic heterocycles. The van der Waals surface area contributed by atoms with E-state index >= 15 is 0 Å². The molecule has 0 heterocycles. The summed E-state index contributed by atoms with van der Waals surface area (Å²) in [5, 5.41) is 3.90. The zero-order valence-corrected chi connectivity index (χ0v) is 10.1. The molecule has 0 aromatic rings. The van der Waals surface area contributed by atoms with Crippen LogP contribution >= 0.6 is 0 Å². The molecule has 0 rings (SSSR count). The van der Waals surface area contributed by atoms with Gasteiger partial charge in [0.2, 0.25) is 5.91 Å². The van der Waals surface area contributed by atoms with E-state index in [1.165, 1.54) is 25.7 Å². The van der Waals surface area contributed by atoms with Crippen molar-refractivity contribution in [2.75, 3.05) is 0 Å². The first-order chi connectivity index (χ1) is 7.31. The Bertz CT molecular complexity index is 178. The SMILES string of the molecule is CCCCCCC=NNC(=O)CCCC. The third-order valence-electron chi connectivity index (χ3n) is 2.22. The maximum absolute atomic E-state index is 11.1. The van der Waals surface area contributed by atoms with E-state index in [-0.39, 0.29) is 5.91 Å². The summed E-state index contributed by atoms with van der Waals surface area (Å²) in [6.07, 6.45) is 10.3. The van der Waals surface area contributed by atoms with Crippen LogP contribution in [-0.2, 0) is 4.79 Å². The molecule has 0 bridgehead atoms. The van der Waals surface area contributed by atoms with Crippen LogP contribution < -0.4 is 5.43 Å². The van der Waals surface area contributed by atoms with E-state index in [0.29, 0.717) is 6.42 Å². The summed E-state index contributed by atoms with van der Waals surface area (Å²) in [6, 6.07) is 0. The van der Waals surface area contributed by atoms with E-state index in [0.717, 1.165) is 19.3 Å². The molecule has 3 heteroatoms.